The quantitative estimate of drug-likeness (QED) is 0.698. The van der Waals surface area contributed by atoms with Gasteiger partial charge < -0.3 is 10.5 Å². The number of aromatic amines is 1. The first-order valence-corrected chi connectivity index (χ1v) is 7.77. The van der Waals surface area contributed by atoms with Gasteiger partial charge in [-0.05, 0) is 29.9 Å². The largest absolute Gasteiger partial charge is 0.494 e. The van der Waals surface area contributed by atoms with E-state index in [-0.39, 0.29) is 22.3 Å². The van der Waals surface area contributed by atoms with Crippen molar-refractivity contribution in [3.05, 3.63) is 55.0 Å². The van der Waals surface area contributed by atoms with Crippen LogP contribution in [0.5, 0.6) is 5.88 Å². The molecule has 8 heteroatoms. The molecule has 114 valence electrons. The van der Waals surface area contributed by atoms with E-state index in [1.165, 1.54) is 4.57 Å². The van der Waals surface area contributed by atoms with E-state index in [0.717, 1.165) is 10.0 Å². The number of aromatic nitrogens is 2. The zero-order valence-electron chi connectivity index (χ0n) is 11.6. The van der Waals surface area contributed by atoms with Crippen LogP contribution in [0.2, 0.25) is 0 Å². The third-order valence-corrected chi connectivity index (χ3v) is 4.51. The molecule has 0 radical (unpaired) electrons. The number of hydrazone groups is 1. The topological polar surface area (TPSA) is 82.4 Å². The Morgan fingerprint density at radius 2 is 2.09 bits per heavy atom. The third-order valence-electron chi connectivity index (χ3n) is 3.61. The molecule has 1 atom stereocenters. The number of hydrogen-bond donors (Lipinski definition) is 3. The normalized spacial score (nSPS) is 17.2. The summed E-state index contributed by atoms with van der Waals surface area (Å²) >= 11 is 8.36. The van der Waals surface area contributed by atoms with Crippen molar-refractivity contribution >= 4 is 33.9 Å². The smallest absolute Gasteiger partial charge is 0.264 e. The number of hydrogen-bond acceptors (Lipinski definition) is 5. The van der Waals surface area contributed by atoms with Crippen molar-refractivity contribution in [1.82, 2.24) is 15.0 Å². The van der Waals surface area contributed by atoms with E-state index in [2.05, 4.69) is 31.4 Å². The minimum atomic E-state index is -0.433. The maximum atomic E-state index is 12.1. The van der Waals surface area contributed by atoms with Gasteiger partial charge in [-0.15, -0.1) is 0 Å². The highest BCUT2D eigenvalue weighted by molar-refractivity contribution is 9.10. The molecule has 0 aliphatic carbocycles. The summed E-state index contributed by atoms with van der Waals surface area (Å²) in [5.74, 6) is -0.175. The van der Waals surface area contributed by atoms with Gasteiger partial charge >= 0.3 is 0 Å². The van der Waals surface area contributed by atoms with Gasteiger partial charge in [-0.25, -0.2) is 0 Å². The molecule has 0 saturated carbocycles. The van der Waals surface area contributed by atoms with E-state index < -0.39 is 5.56 Å². The highest BCUT2D eigenvalue weighted by atomic mass is 79.9. The van der Waals surface area contributed by atoms with Crippen molar-refractivity contribution in [1.29, 1.82) is 0 Å². The maximum Gasteiger partial charge on any atom is 0.264 e. The Morgan fingerprint density at radius 3 is 2.77 bits per heavy atom. The summed E-state index contributed by atoms with van der Waals surface area (Å²) in [5, 5.41) is 14.4. The van der Waals surface area contributed by atoms with Crippen LogP contribution in [0.3, 0.4) is 0 Å². The van der Waals surface area contributed by atoms with E-state index in [0.29, 0.717) is 12.1 Å². The van der Waals surface area contributed by atoms with E-state index >= 15 is 0 Å². The van der Waals surface area contributed by atoms with Crippen LogP contribution in [0.15, 0.2) is 38.6 Å². The first kappa shape index (κ1) is 15.0. The lowest BCUT2D eigenvalue weighted by atomic mass is 10.0. The van der Waals surface area contributed by atoms with Crippen molar-refractivity contribution in [2.24, 2.45) is 12.1 Å². The monoisotopic (exact) mass is 380 g/mol. The number of rotatable bonds is 2. The average molecular weight is 381 g/mol. The fourth-order valence-electron chi connectivity index (χ4n) is 2.35. The molecule has 22 heavy (non-hydrogen) atoms. The number of halogens is 1. The van der Waals surface area contributed by atoms with E-state index in [4.69, 9.17) is 12.2 Å². The third kappa shape index (κ3) is 2.59. The molecule has 2 heterocycles. The molecule has 0 saturated heterocycles. The second-order valence-electron chi connectivity index (χ2n) is 5.01. The molecule has 0 spiro atoms. The Morgan fingerprint density at radius 1 is 1.41 bits per heavy atom. The van der Waals surface area contributed by atoms with Gasteiger partial charge in [-0.3, -0.25) is 14.3 Å². The van der Waals surface area contributed by atoms with Gasteiger partial charge in [0.15, 0.2) is 4.77 Å². The van der Waals surface area contributed by atoms with Gasteiger partial charge in [0.2, 0.25) is 5.88 Å². The summed E-state index contributed by atoms with van der Waals surface area (Å²) in [5.41, 5.74) is 4.29. The van der Waals surface area contributed by atoms with Gasteiger partial charge in [0.1, 0.15) is 5.56 Å². The highest BCUT2D eigenvalue weighted by Crippen LogP contribution is 2.27. The molecule has 2 aromatic rings. The molecule has 0 fully saturated rings. The number of aromatic hydroxyl groups is 1. The lowest BCUT2D eigenvalue weighted by Gasteiger charge is -2.10. The molecule has 3 rings (SSSR count). The molecule has 3 N–H and O–H groups in total. The number of nitrogens with zero attached hydrogens (tertiary/aromatic N) is 2. The standard InChI is InChI=1S/C14H13BrN4O2S/c1-19-13(21)11(12(20)16-14(19)22)10-6-9(17-18-10)7-2-4-8(15)5-3-7/h2-5,9,17,21H,6H2,1H3,(H,16,20,22)/t9-/m1/s1. The van der Waals surface area contributed by atoms with Gasteiger partial charge in [0.05, 0.1) is 11.8 Å². The SMILES string of the molecule is Cn1c(O)c(C2=NN[C@@H](c3ccc(Br)cc3)C2)c(=O)[nH]c1=S. The van der Waals surface area contributed by atoms with Crippen LogP contribution in [0.1, 0.15) is 23.6 Å². The van der Waals surface area contributed by atoms with E-state index in [1.54, 1.807) is 7.05 Å². The fourth-order valence-corrected chi connectivity index (χ4v) is 2.80. The summed E-state index contributed by atoms with van der Waals surface area (Å²) in [6.45, 7) is 0. The summed E-state index contributed by atoms with van der Waals surface area (Å²) in [6.07, 6.45) is 0.509. The van der Waals surface area contributed by atoms with Crippen molar-refractivity contribution in [3.8, 4) is 5.88 Å². The zero-order chi connectivity index (χ0) is 15.9. The Kier molecular flexibility index (Phi) is 3.88. The van der Waals surface area contributed by atoms with Crippen LogP contribution in [0, 0.1) is 4.77 Å². The minimum absolute atomic E-state index is 0.0321. The molecule has 1 aromatic heterocycles. The molecule has 0 amide bonds. The van der Waals surface area contributed by atoms with Crippen LogP contribution >= 0.6 is 28.1 Å². The summed E-state index contributed by atoms with van der Waals surface area (Å²) in [7, 11) is 1.59. The number of H-pyrrole nitrogens is 1. The van der Waals surface area contributed by atoms with Crippen LogP contribution in [0.4, 0.5) is 0 Å². The first-order valence-electron chi connectivity index (χ1n) is 6.57. The Labute approximate surface area is 139 Å². The zero-order valence-corrected chi connectivity index (χ0v) is 14.0. The fraction of sp³-hybridized carbons (Fsp3) is 0.214. The van der Waals surface area contributed by atoms with Crippen molar-refractivity contribution in [2.45, 2.75) is 12.5 Å². The number of benzene rings is 1. The predicted molar refractivity (Wildman–Crippen MR) is 89.7 cm³/mol. The minimum Gasteiger partial charge on any atom is -0.494 e. The Hall–Kier alpha value is -1.93. The first-order chi connectivity index (χ1) is 10.5. The predicted octanol–water partition coefficient (Wildman–Crippen LogP) is 2.35. The van der Waals surface area contributed by atoms with Crippen LogP contribution < -0.4 is 11.0 Å². The average Bonchev–Trinajstić information content (AvgIpc) is 2.95. The second kappa shape index (κ2) is 5.69. The van der Waals surface area contributed by atoms with E-state index in [9.17, 15) is 9.90 Å². The summed E-state index contributed by atoms with van der Waals surface area (Å²) in [4.78, 5) is 14.6. The van der Waals surface area contributed by atoms with Gasteiger partial charge in [-0.2, -0.15) is 5.10 Å². The summed E-state index contributed by atoms with van der Waals surface area (Å²) < 4.78 is 2.52. The van der Waals surface area contributed by atoms with Crippen LogP contribution in [-0.4, -0.2) is 20.4 Å². The molecule has 1 aliphatic rings. The molecule has 0 unspecified atom stereocenters. The summed E-state index contributed by atoms with van der Waals surface area (Å²) in [6, 6.07) is 7.83. The highest BCUT2D eigenvalue weighted by Gasteiger charge is 2.26. The Balaban J connectivity index is 1.93. The van der Waals surface area contributed by atoms with Gasteiger partial charge in [0.25, 0.3) is 5.56 Å². The van der Waals surface area contributed by atoms with Crippen molar-refractivity contribution in [2.75, 3.05) is 0 Å². The maximum absolute atomic E-state index is 12.1. The van der Waals surface area contributed by atoms with Gasteiger partial charge in [0, 0.05) is 17.9 Å². The molecule has 6 nitrogen and oxygen atoms in total. The molecule has 1 aromatic carbocycles. The van der Waals surface area contributed by atoms with Gasteiger partial charge in [-0.1, -0.05) is 28.1 Å². The Bertz CT molecular complexity index is 870. The molecule has 0 bridgehead atoms. The second-order valence-corrected chi connectivity index (χ2v) is 6.32. The molecular weight excluding hydrogens is 368 g/mol. The number of nitrogens with one attached hydrogen (secondary N) is 2. The lowest BCUT2D eigenvalue weighted by molar-refractivity contribution is 0.419. The molecule has 1 aliphatic heterocycles. The van der Waals surface area contributed by atoms with Crippen LogP contribution in [-0.2, 0) is 7.05 Å². The van der Waals surface area contributed by atoms with Crippen molar-refractivity contribution < 1.29 is 5.11 Å². The van der Waals surface area contributed by atoms with Crippen molar-refractivity contribution in [3.63, 3.8) is 0 Å². The molecular formula is C14H13BrN4O2S. The van der Waals surface area contributed by atoms with E-state index in [1.807, 2.05) is 24.3 Å². The van der Waals surface area contributed by atoms with Crippen LogP contribution in [0.25, 0.3) is 0 Å². The lowest BCUT2D eigenvalue weighted by Crippen LogP contribution is -2.21.